The zero-order chi connectivity index (χ0) is 14.4. The second-order valence-corrected chi connectivity index (χ2v) is 4.38. The lowest BCUT2D eigenvalue weighted by atomic mass is 10.2. The van der Waals surface area contributed by atoms with Crippen LogP contribution >= 0.6 is 0 Å². The van der Waals surface area contributed by atoms with E-state index in [1.807, 2.05) is 0 Å². The summed E-state index contributed by atoms with van der Waals surface area (Å²) in [7, 11) is 0. The van der Waals surface area contributed by atoms with Gasteiger partial charge in [-0.3, -0.25) is 19.1 Å². The molecule has 1 aliphatic rings. The number of amides is 1. The third kappa shape index (κ3) is 2.22. The molecular weight excluding hydrogens is 263 g/mol. The summed E-state index contributed by atoms with van der Waals surface area (Å²) in [6.07, 6.45) is -4.15. The molecule has 0 N–H and O–H groups in total. The Hall–Kier alpha value is -1.86. The largest absolute Gasteiger partial charge is 0.433 e. The maximum atomic E-state index is 12.6. The molecule has 1 aromatic rings. The molecule has 0 radical (unpaired) electrons. The standard InChI is InChI=1S/C11H12F3N3O2/c1-3-6(2)17-9(19)5-16-8(18)4-7(11(12,13)14)15-10(16)17/h4,6H,3,5H2,1-2H3. The highest BCUT2D eigenvalue weighted by molar-refractivity contribution is 5.95. The molecule has 1 aliphatic heterocycles. The maximum Gasteiger partial charge on any atom is 0.433 e. The summed E-state index contributed by atoms with van der Waals surface area (Å²) >= 11 is 0. The quantitative estimate of drug-likeness (QED) is 0.820. The van der Waals surface area contributed by atoms with Crippen molar-refractivity contribution in [3.8, 4) is 0 Å². The van der Waals surface area contributed by atoms with Gasteiger partial charge in [0.05, 0.1) is 0 Å². The molecule has 104 valence electrons. The molecule has 2 rings (SSSR count). The lowest BCUT2D eigenvalue weighted by Gasteiger charge is -2.22. The van der Waals surface area contributed by atoms with E-state index in [0.717, 1.165) is 9.47 Å². The van der Waals surface area contributed by atoms with Crippen LogP contribution in [-0.2, 0) is 17.5 Å². The first-order valence-electron chi connectivity index (χ1n) is 5.76. The van der Waals surface area contributed by atoms with Crippen LogP contribution in [0.25, 0.3) is 0 Å². The Morgan fingerprint density at radius 1 is 1.42 bits per heavy atom. The number of carbonyl (C=O) groups is 1. The van der Waals surface area contributed by atoms with Gasteiger partial charge in [-0.1, -0.05) is 6.92 Å². The van der Waals surface area contributed by atoms with Gasteiger partial charge in [0.2, 0.25) is 11.9 Å². The molecule has 19 heavy (non-hydrogen) atoms. The van der Waals surface area contributed by atoms with E-state index in [9.17, 15) is 22.8 Å². The Morgan fingerprint density at radius 2 is 2.05 bits per heavy atom. The van der Waals surface area contributed by atoms with Crippen LogP contribution < -0.4 is 10.5 Å². The van der Waals surface area contributed by atoms with Gasteiger partial charge >= 0.3 is 6.18 Å². The second kappa shape index (κ2) is 4.36. The smallest absolute Gasteiger partial charge is 0.278 e. The summed E-state index contributed by atoms with van der Waals surface area (Å²) in [6.45, 7) is 3.23. The highest BCUT2D eigenvalue weighted by Gasteiger charge is 2.38. The fraction of sp³-hybridized carbons (Fsp3) is 0.545. The minimum Gasteiger partial charge on any atom is -0.278 e. The summed E-state index contributed by atoms with van der Waals surface area (Å²) in [4.78, 5) is 28.0. The average molecular weight is 275 g/mol. The van der Waals surface area contributed by atoms with E-state index in [0.29, 0.717) is 12.5 Å². The number of nitrogens with zero attached hydrogens (tertiary/aromatic N) is 3. The number of aromatic nitrogens is 2. The summed E-state index contributed by atoms with van der Waals surface area (Å²) in [5, 5.41) is 0. The summed E-state index contributed by atoms with van der Waals surface area (Å²) in [5.41, 5.74) is -2.14. The van der Waals surface area contributed by atoms with Gasteiger partial charge in [-0.2, -0.15) is 13.2 Å². The van der Waals surface area contributed by atoms with Gasteiger partial charge in [0, 0.05) is 12.1 Å². The van der Waals surface area contributed by atoms with E-state index < -0.39 is 23.3 Å². The average Bonchev–Trinajstić information content (AvgIpc) is 2.64. The second-order valence-electron chi connectivity index (χ2n) is 4.38. The minimum atomic E-state index is -4.71. The Kier molecular flexibility index (Phi) is 3.11. The normalized spacial score (nSPS) is 16.7. The SMILES string of the molecule is CCC(C)N1C(=O)Cn2c1nc(C(F)(F)F)cc2=O. The first-order chi connectivity index (χ1) is 8.75. The number of halogens is 3. The molecular formula is C11H12F3N3O2. The molecule has 1 amide bonds. The lowest BCUT2D eigenvalue weighted by molar-refractivity contribution is -0.141. The Morgan fingerprint density at radius 3 is 2.58 bits per heavy atom. The van der Waals surface area contributed by atoms with Gasteiger partial charge < -0.3 is 0 Å². The molecule has 0 spiro atoms. The maximum absolute atomic E-state index is 12.6. The van der Waals surface area contributed by atoms with Crippen LogP contribution in [0, 0.1) is 0 Å². The first-order valence-corrected chi connectivity index (χ1v) is 5.76. The van der Waals surface area contributed by atoms with Crippen molar-refractivity contribution in [1.29, 1.82) is 0 Å². The van der Waals surface area contributed by atoms with Crippen molar-refractivity contribution < 1.29 is 18.0 Å². The number of rotatable bonds is 2. The summed E-state index contributed by atoms with van der Waals surface area (Å²) in [6, 6.07) is 0.105. The molecule has 2 heterocycles. The van der Waals surface area contributed by atoms with Crippen LogP contribution in [0.1, 0.15) is 26.0 Å². The minimum absolute atomic E-state index is 0.223. The van der Waals surface area contributed by atoms with E-state index in [2.05, 4.69) is 4.98 Å². The van der Waals surface area contributed by atoms with Crippen LogP contribution in [0.2, 0.25) is 0 Å². The Bertz CT molecular complexity index is 580. The zero-order valence-electron chi connectivity index (χ0n) is 10.4. The van der Waals surface area contributed by atoms with Crippen molar-refractivity contribution in [2.24, 2.45) is 0 Å². The molecule has 0 aliphatic carbocycles. The Balaban J connectivity index is 2.60. The highest BCUT2D eigenvalue weighted by Crippen LogP contribution is 2.30. The molecule has 1 aromatic heterocycles. The van der Waals surface area contributed by atoms with Gasteiger partial charge in [0.1, 0.15) is 6.54 Å². The number of alkyl halides is 3. The lowest BCUT2D eigenvalue weighted by Crippen LogP contribution is -2.36. The van der Waals surface area contributed by atoms with Crippen LogP contribution in [0.15, 0.2) is 10.9 Å². The molecule has 5 nitrogen and oxygen atoms in total. The predicted molar refractivity (Wildman–Crippen MR) is 60.7 cm³/mol. The van der Waals surface area contributed by atoms with Gasteiger partial charge in [-0.25, -0.2) is 4.98 Å². The van der Waals surface area contributed by atoms with Crippen LogP contribution in [0.4, 0.5) is 19.1 Å². The molecule has 0 bridgehead atoms. The number of carbonyl (C=O) groups excluding carboxylic acids is 1. The highest BCUT2D eigenvalue weighted by atomic mass is 19.4. The van der Waals surface area contributed by atoms with Crippen LogP contribution in [-0.4, -0.2) is 21.5 Å². The van der Waals surface area contributed by atoms with Gasteiger partial charge in [-0.05, 0) is 13.3 Å². The summed E-state index contributed by atoms with van der Waals surface area (Å²) in [5.74, 6) is -0.641. The molecule has 0 fully saturated rings. The van der Waals surface area contributed by atoms with Crippen molar-refractivity contribution in [2.75, 3.05) is 4.90 Å². The monoisotopic (exact) mass is 275 g/mol. The number of fused-ring (bicyclic) bond motifs is 1. The van der Waals surface area contributed by atoms with Crippen molar-refractivity contribution in [1.82, 2.24) is 9.55 Å². The van der Waals surface area contributed by atoms with E-state index in [4.69, 9.17) is 0 Å². The molecule has 0 saturated heterocycles. The topological polar surface area (TPSA) is 55.2 Å². The first kappa shape index (κ1) is 13.6. The zero-order valence-corrected chi connectivity index (χ0v) is 10.4. The van der Waals surface area contributed by atoms with Gasteiger partial charge in [0.25, 0.3) is 5.56 Å². The predicted octanol–water partition coefficient (Wildman–Crippen LogP) is 1.41. The third-order valence-corrected chi connectivity index (χ3v) is 3.09. The fourth-order valence-electron chi connectivity index (χ4n) is 1.92. The van der Waals surface area contributed by atoms with Crippen LogP contribution in [0.5, 0.6) is 0 Å². The van der Waals surface area contributed by atoms with Crippen LogP contribution in [0.3, 0.4) is 0 Å². The van der Waals surface area contributed by atoms with Gasteiger partial charge in [-0.15, -0.1) is 0 Å². The molecule has 0 aromatic carbocycles. The van der Waals surface area contributed by atoms with Crippen molar-refractivity contribution in [2.45, 2.75) is 39.0 Å². The van der Waals surface area contributed by atoms with Crippen molar-refractivity contribution in [3.05, 3.63) is 22.1 Å². The van der Waals surface area contributed by atoms with E-state index in [1.54, 1.807) is 13.8 Å². The fourth-order valence-corrected chi connectivity index (χ4v) is 1.92. The van der Waals surface area contributed by atoms with Gasteiger partial charge in [0.15, 0.2) is 5.69 Å². The Labute approximate surface area is 106 Å². The number of hydrogen-bond donors (Lipinski definition) is 0. The van der Waals surface area contributed by atoms with E-state index >= 15 is 0 Å². The number of hydrogen-bond acceptors (Lipinski definition) is 3. The van der Waals surface area contributed by atoms with E-state index in [1.165, 1.54) is 0 Å². The van der Waals surface area contributed by atoms with E-state index in [-0.39, 0.29) is 18.5 Å². The van der Waals surface area contributed by atoms with Crippen molar-refractivity contribution in [3.63, 3.8) is 0 Å². The molecule has 1 atom stereocenters. The number of anilines is 1. The summed E-state index contributed by atoms with van der Waals surface area (Å²) < 4.78 is 38.9. The van der Waals surface area contributed by atoms with Crippen molar-refractivity contribution >= 4 is 11.9 Å². The molecule has 1 unspecified atom stereocenters. The third-order valence-electron chi connectivity index (χ3n) is 3.09. The molecule has 0 saturated carbocycles. The molecule has 8 heteroatoms.